The van der Waals surface area contributed by atoms with Crippen LogP contribution < -0.4 is 0 Å². The molecule has 0 aliphatic carbocycles. The van der Waals surface area contributed by atoms with Crippen LogP contribution in [0.5, 0.6) is 0 Å². The molecule has 0 heterocycles. The average Bonchev–Trinajstić information content (AvgIpc) is 2.37. The summed E-state index contributed by atoms with van der Waals surface area (Å²) in [6.45, 7) is 7.53. The zero-order valence-corrected chi connectivity index (χ0v) is 15.0. The smallest absolute Gasteiger partial charge is 0.336 e. The number of benzene rings is 1. The van der Waals surface area contributed by atoms with Gasteiger partial charge in [-0.15, -0.1) is 0 Å². The number of carboxylic acids is 1. The van der Waals surface area contributed by atoms with Gasteiger partial charge in [-0.05, 0) is 44.9 Å². The van der Waals surface area contributed by atoms with Crippen molar-refractivity contribution in [3.05, 3.63) is 27.7 Å². The van der Waals surface area contributed by atoms with Gasteiger partial charge in [-0.3, -0.25) is 0 Å². The molecular weight excluding hydrogens is 358 g/mol. The topological polar surface area (TPSA) is 74.7 Å². The molecule has 0 unspecified atom stereocenters. The maximum absolute atomic E-state index is 12.7. The van der Waals surface area contributed by atoms with Crippen molar-refractivity contribution in [2.45, 2.75) is 45.1 Å². The normalized spacial score (nSPS) is 12.1. The Kier molecular flexibility index (Phi) is 5.95. The number of carbonyl (C=O) groups is 1. The number of rotatable bonds is 6. The Labute approximate surface area is 134 Å². The minimum absolute atomic E-state index is 0.000440. The Morgan fingerprint density at radius 3 is 2.38 bits per heavy atom. The number of nitrogens with zero attached hydrogens (tertiary/aromatic N) is 1. The molecule has 0 aliphatic rings. The van der Waals surface area contributed by atoms with Gasteiger partial charge in [0.15, 0.2) is 0 Å². The molecule has 7 heteroatoms. The second-order valence-electron chi connectivity index (χ2n) is 5.09. The fourth-order valence-corrected chi connectivity index (χ4v) is 4.43. The van der Waals surface area contributed by atoms with Crippen molar-refractivity contribution in [1.29, 1.82) is 0 Å². The van der Waals surface area contributed by atoms with Gasteiger partial charge in [-0.25, -0.2) is 13.2 Å². The van der Waals surface area contributed by atoms with Crippen molar-refractivity contribution >= 4 is 31.9 Å². The molecule has 0 aromatic heterocycles. The van der Waals surface area contributed by atoms with E-state index in [0.29, 0.717) is 23.0 Å². The highest BCUT2D eigenvalue weighted by Crippen LogP contribution is 2.27. The molecule has 0 amide bonds. The summed E-state index contributed by atoms with van der Waals surface area (Å²) < 4.78 is 27.3. The average molecular weight is 378 g/mol. The molecule has 0 saturated heterocycles. The SMILES string of the molecule is CCCN(C(C)C)S(=O)(=O)c1cc(Br)c(C)c(C(=O)O)c1. The first-order chi connectivity index (χ1) is 9.62. The van der Waals surface area contributed by atoms with Crippen LogP contribution in [0.1, 0.15) is 43.1 Å². The third kappa shape index (κ3) is 3.84. The van der Waals surface area contributed by atoms with Gasteiger partial charge in [0.2, 0.25) is 10.0 Å². The molecule has 0 bridgehead atoms. The van der Waals surface area contributed by atoms with E-state index in [1.165, 1.54) is 16.4 Å². The van der Waals surface area contributed by atoms with Gasteiger partial charge in [0, 0.05) is 17.1 Å². The summed E-state index contributed by atoms with van der Waals surface area (Å²) in [6, 6.07) is 2.49. The lowest BCUT2D eigenvalue weighted by atomic mass is 10.1. The lowest BCUT2D eigenvalue weighted by Crippen LogP contribution is -2.37. The van der Waals surface area contributed by atoms with Gasteiger partial charge < -0.3 is 5.11 Å². The van der Waals surface area contributed by atoms with Gasteiger partial charge in [-0.2, -0.15) is 4.31 Å². The van der Waals surface area contributed by atoms with E-state index in [4.69, 9.17) is 0 Å². The van der Waals surface area contributed by atoms with Crippen molar-refractivity contribution in [1.82, 2.24) is 4.31 Å². The highest BCUT2D eigenvalue weighted by atomic mass is 79.9. The van der Waals surface area contributed by atoms with Crippen LogP contribution in [0.2, 0.25) is 0 Å². The quantitative estimate of drug-likeness (QED) is 0.825. The lowest BCUT2D eigenvalue weighted by Gasteiger charge is -2.25. The van der Waals surface area contributed by atoms with Crippen LogP contribution in [0.25, 0.3) is 0 Å². The summed E-state index contributed by atoms with van der Waals surface area (Å²) >= 11 is 3.24. The first kappa shape index (κ1) is 18.1. The number of hydrogen-bond donors (Lipinski definition) is 1. The van der Waals surface area contributed by atoms with Crippen molar-refractivity contribution in [3.63, 3.8) is 0 Å². The summed E-state index contributed by atoms with van der Waals surface area (Å²) in [5, 5.41) is 9.20. The van der Waals surface area contributed by atoms with Crippen molar-refractivity contribution in [2.75, 3.05) is 6.54 Å². The van der Waals surface area contributed by atoms with E-state index >= 15 is 0 Å². The molecule has 0 radical (unpaired) electrons. The number of sulfonamides is 1. The highest BCUT2D eigenvalue weighted by Gasteiger charge is 2.28. The monoisotopic (exact) mass is 377 g/mol. The fraction of sp³-hybridized carbons (Fsp3) is 0.500. The molecule has 118 valence electrons. The maximum Gasteiger partial charge on any atom is 0.336 e. The fourth-order valence-electron chi connectivity index (χ4n) is 2.04. The van der Waals surface area contributed by atoms with Crippen LogP contribution in [0, 0.1) is 6.92 Å². The summed E-state index contributed by atoms with van der Waals surface area (Å²) in [6.07, 6.45) is 0.691. The standard InChI is InChI=1S/C14H20BrNO4S/c1-5-6-16(9(2)3)21(19,20)11-7-12(14(17)18)10(4)13(15)8-11/h7-9H,5-6H2,1-4H3,(H,17,18). The van der Waals surface area contributed by atoms with Gasteiger partial charge in [0.05, 0.1) is 10.5 Å². The molecule has 1 rings (SSSR count). The Balaban J connectivity index is 3.47. The van der Waals surface area contributed by atoms with Crippen molar-refractivity contribution in [3.8, 4) is 0 Å². The van der Waals surface area contributed by atoms with Crippen LogP contribution in [-0.2, 0) is 10.0 Å². The number of hydrogen-bond acceptors (Lipinski definition) is 3. The summed E-state index contributed by atoms with van der Waals surface area (Å²) in [4.78, 5) is 11.3. The van der Waals surface area contributed by atoms with Gasteiger partial charge >= 0.3 is 5.97 Å². The Morgan fingerprint density at radius 1 is 1.38 bits per heavy atom. The minimum atomic E-state index is -3.72. The lowest BCUT2D eigenvalue weighted by molar-refractivity contribution is 0.0695. The predicted octanol–water partition coefficient (Wildman–Crippen LogP) is 3.26. The van der Waals surface area contributed by atoms with Crippen LogP contribution in [0.15, 0.2) is 21.5 Å². The molecular formula is C14H20BrNO4S. The van der Waals surface area contributed by atoms with E-state index < -0.39 is 16.0 Å². The number of halogens is 1. The molecule has 0 saturated carbocycles. The second kappa shape index (κ2) is 6.89. The maximum atomic E-state index is 12.7. The van der Waals surface area contributed by atoms with E-state index in [1.54, 1.807) is 20.8 Å². The zero-order chi connectivity index (χ0) is 16.4. The largest absolute Gasteiger partial charge is 0.478 e. The van der Waals surface area contributed by atoms with Gasteiger partial charge in [0.1, 0.15) is 0 Å². The minimum Gasteiger partial charge on any atom is -0.478 e. The first-order valence-electron chi connectivity index (χ1n) is 6.68. The molecule has 0 aliphatic heterocycles. The third-order valence-electron chi connectivity index (χ3n) is 3.17. The molecule has 0 fully saturated rings. The second-order valence-corrected chi connectivity index (χ2v) is 7.84. The van der Waals surface area contributed by atoms with Crippen LogP contribution in [0.4, 0.5) is 0 Å². The summed E-state index contributed by atoms with van der Waals surface area (Å²) in [5.74, 6) is -1.14. The van der Waals surface area contributed by atoms with Crippen molar-refractivity contribution in [2.24, 2.45) is 0 Å². The first-order valence-corrected chi connectivity index (χ1v) is 8.91. The van der Waals surface area contributed by atoms with Crippen LogP contribution in [-0.4, -0.2) is 36.4 Å². The Morgan fingerprint density at radius 2 is 1.95 bits per heavy atom. The van der Waals surface area contributed by atoms with E-state index in [-0.39, 0.29) is 16.5 Å². The number of aromatic carboxylic acids is 1. The Hall–Kier alpha value is -0.920. The molecule has 21 heavy (non-hydrogen) atoms. The van der Waals surface area contributed by atoms with E-state index in [1.807, 2.05) is 6.92 Å². The third-order valence-corrected chi connectivity index (χ3v) is 6.05. The Bertz CT molecular complexity index is 641. The summed E-state index contributed by atoms with van der Waals surface area (Å²) in [7, 11) is -3.72. The molecule has 1 aromatic carbocycles. The van der Waals surface area contributed by atoms with Gasteiger partial charge in [0.25, 0.3) is 0 Å². The van der Waals surface area contributed by atoms with E-state index in [9.17, 15) is 18.3 Å². The highest BCUT2D eigenvalue weighted by molar-refractivity contribution is 9.10. The zero-order valence-electron chi connectivity index (χ0n) is 12.6. The molecule has 1 aromatic rings. The van der Waals surface area contributed by atoms with E-state index in [0.717, 1.165) is 0 Å². The van der Waals surface area contributed by atoms with E-state index in [2.05, 4.69) is 15.9 Å². The number of carboxylic acid groups (broad SMARTS) is 1. The predicted molar refractivity (Wildman–Crippen MR) is 85.2 cm³/mol. The molecule has 5 nitrogen and oxygen atoms in total. The van der Waals surface area contributed by atoms with Crippen LogP contribution in [0.3, 0.4) is 0 Å². The van der Waals surface area contributed by atoms with Crippen LogP contribution >= 0.6 is 15.9 Å². The summed E-state index contributed by atoms with van der Waals surface area (Å²) in [5.41, 5.74) is 0.496. The van der Waals surface area contributed by atoms with Crippen molar-refractivity contribution < 1.29 is 18.3 Å². The van der Waals surface area contributed by atoms with Gasteiger partial charge in [-0.1, -0.05) is 22.9 Å². The molecule has 1 N–H and O–H groups in total. The molecule has 0 spiro atoms. The molecule has 0 atom stereocenters.